The summed E-state index contributed by atoms with van der Waals surface area (Å²) >= 11 is 13.1. The van der Waals surface area contributed by atoms with E-state index in [1.807, 2.05) is 6.92 Å². The Hall–Kier alpha value is -3.07. The highest BCUT2D eigenvalue weighted by Crippen LogP contribution is 2.36. The third kappa shape index (κ3) is 4.29. The van der Waals surface area contributed by atoms with E-state index in [9.17, 15) is 19.7 Å². The fourth-order valence-corrected chi connectivity index (χ4v) is 4.51. The van der Waals surface area contributed by atoms with Crippen molar-refractivity contribution >= 4 is 57.9 Å². The predicted octanol–water partition coefficient (Wildman–Crippen LogP) is 6.71. The molecule has 4 rings (SSSR count). The van der Waals surface area contributed by atoms with E-state index in [0.717, 1.165) is 22.2 Å². The van der Waals surface area contributed by atoms with Crippen LogP contribution in [0, 0.1) is 17.0 Å². The van der Waals surface area contributed by atoms with E-state index in [4.69, 9.17) is 27.6 Å². The van der Waals surface area contributed by atoms with Crippen LogP contribution in [0.4, 0.5) is 10.5 Å². The second-order valence-corrected chi connectivity index (χ2v) is 8.73. The van der Waals surface area contributed by atoms with E-state index in [1.54, 1.807) is 36.4 Å². The van der Waals surface area contributed by atoms with E-state index in [-0.39, 0.29) is 17.1 Å². The van der Waals surface area contributed by atoms with E-state index in [1.165, 1.54) is 18.2 Å². The summed E-state index contributed by atoms with van der Waals surface area (Å²) in [6, 6.07) is 12.7. The van der Waals surface area contributed by atoms with Crippen LogP contribution in [-0.4, -0.2) is 21.0 Å². The molecule has 1 saturated heterocycles. The number of hydrogen-bond acceptors (Lipinski definition) is 6. The Labute approximate surface area is 196 Å². The average Bonchev–Trinajstić information content (AvgIpc) is 3.30. The number of nitrogens with zero attached hydrogens (tertiary/aromatic N) is 2. The topological polar surface area (TPSA) is 93.7 Å². The van der Waals surface area contributed by atoms with Crippen molar-refractivity contribution in [3.8, 4) is 11.3 Å². The Kier molecular flexibility index (Phi) is 6.10. The van der Waals surface area contributed by atoms with E-state index >= 15 is 0 Å². The molecule has 2 amide bonds. The lowest BCUT2D eigenvalue weighted by Crippen LogP contribution is -2.27. The lowest BCUT2D eigenvalue weighted by atomic mass is 10.1. The molecule has 0 radical (unpaired) electrons. The number of hydrogen-bond donors (Lipinski definition) is 0. The van der Waals surface area contributed by atoms with Crippen LogP contribution in [0.1, 0.15) is 16.9 Å². The Morgan fingerprint density at radius 2 is 1.84 bits per heavy atom. The smallest absolute Gasteiger partial charge is 0.293 e. The minimum absolute atomic E-state index is 0.0448. The molecule has 7 nitrogen and oxygen atoms in total. The maximum Gasteiger partial charge on any atom is 0.293 e. The van der Waals surface area contributed by atoms with Crippen molar-refractivity contribution in [3.63, 3.8) is 0 Å². The number of non-ortho nitro benzene ring substituents is 1. The van der Waals surface area contributed by atoms with E-state index in [2.05, 4.69) is 0 Å². The quantitative estimate of drug-likeness (QED) is 0.225. The van der Waals surface area contributed by atoms with Gasteiger partial charge in [0.05, 0.1) is 16.4 Å². The molecule has 2 heterocycles. The van der Waals surface area contributed by atoms with Crippen molar-refractivity contribution in [1.29, 1.82) is 0 Å². The SMILES string of the molecule is Cc1ccc([N+](=O)[O-])cc1-c1ccc(/C=C2\SC(=O)N(Cc3c(Cl)cccc3Cl)C2=O)o1. The molecular formula is C22H14Cl2N2O5S. The summed E-state index contributed by atoms with van der Waals surface area (Å²) in [5.74, 6) is 0.271. The first-order valence-electron chi connectivity index (χ1n) is 9.28. The van der Waals surface area contributed by atoms with Gasteiger partial charge in [0.15, 0.2) is 0 Å². The lowest BCUT2D eigenvalue weighted by molar-refractivity contribution is -0.384. The summed E-state index contributed by atoms with van der Waals surface area (Å²) in [5.41, 5.74) is 1.80. The van der Waals surface area contributed by atoms with Crippen molar-refractivity contribution in [2.75, 3.05) is 0 Å². The molecule has 0 saturated carbocycles. The van der Waals surface area contributed by atoms with Crippen LogP contribution in [0.25, 0.3) is 17.4 Å². The number of amides is 2. The molecule has 0 N–H and O–H groups in total. The standard InChI is InChI=1S/C22H14Cl2N2O5S/c1-12-5-6-13(26(29)30)9-15(12)19-8-7-14(31-19)10-20-21(27)25(22(28)32-20)11-16-17(23)3-2-4-18(16)24/h2-10H,11H2,1H3/b20-10-. The molecule has 162 valence electrons. The zero-order valence-electron chi connectivity index (χ0n) is 16.5. The van der Waals surface area contributed by atoms with Crippen molar-refractivity contribution in [2.45, 2.75) is 13.5 Å². The zero-order valence-corrected chi connectivity index (χ0v) is 18.8. The van der Waals surface area contributed by atoms with Gasteiger partial charge in [0.1, 0.15) is 11.5 Å². The van der Waals surface area contributed by atoms with Gasteiger partial charge in [0.25, 0.3) is 16.8 Å². The Morgan fingerprint density at radius 1 is 1.12 bits per heavy atom. The molecule has 10 heteroatoms. The molecule has 0 atom stereocenters. The number of nitro benzene ring substituents is 1. The van der Waals surface area contributed by atoms with Gasteiger partial charge in [-0.3, -0.25) is 24.6 Å². The van der Waals surface area contributed by atoms with Crippen LogP contribution in [-0.2, 0) is 11.3 Å². The monoisotopic (exact) mass is 488 g/mol. The third-order valence-corrected chi connectivity index (χ3v) is 6.46. The van der Waals surface area contributed by atoms with Crippen molar-refractivity contribution in [1.82, 2.24) is 4.90 Å². The van der Waals surface area contributed by atoms with Gasteiger partial charge in [-0.15, -0.1) is 0 Å². The molecule has 0 spiro atoms. The van der Waals surface area contributed by atoms with Crippen LogP contribution in [0.15, 0.2) is 57.9 Å². The highest BCUT2D eigenvalue weighted by atomic mass is 35.5. The lowest BCUT2D eigenvalue weighted by Gasteiger charge is -2.14. The number of carbonyl (C=O) groups excluding carboxylic acids is 2. The summed E-state index contributed by atoms with van der Waals surface area (Å²) in [6.07, 6.45) is 1.47. The molecule has 3 aromatic rings. The number of halogens is 2. The van der Waals surface area contributed by atoms with Gasteiger partial charge in [-0.05, 0) is 48.5 Å². The van der Waals surface area contributed by atoms with Crippen LogP contribution < -0.4 is 0 Å². The first kappa shape index (κ1) is 22.1. The average molecular weight is 489 g/mol. The number of furan rings is 1. The minimum Gasteiger partial charge on any atom is -0.457 e. The second kappa shape index (κ2) is 8.82. The number of rotatable bonds is 5. The number of thioether (sulfide) groups is 1. The molecule has 0 unspecified atom stereocenters. The normalized spacial score (nSPS) is 15.1. The summed E-state index contributed by atoms with van der Waals surface area (Å²) in [5, 5.41) is 11.4. The molecule has 2 aromatic carbocycles. The van der Waals surface area contributed by atoms with Gasteiger partial charge in [-0.2, -0.15) is 0 Å². The molecule has 1 fully saturated rings. The molecule has 0 bridgehead atoms. The van der Waals surface area contributed by atoms with Crippen molar-refractivity contribution in [3.05, 3.63) is 90.5 Å². The summed E-state index contributed by atoms with van der Waals surface area (Å²) < 4.78 is 5.79. The first-order chi connectivity index (χ1) is 15.2. The van der Waals surface area contributed by atoms with Gasteiger partial charge in [-0.25, -0.2) is 0 Å². The van der Waals surface area contributed by atoms with Gasteiger partial charge in [0.2, 0.25) is 0 Å². The van der Waals surface area contributed by atoms with Crippen LogP contribution in [0.5, 0.6) is 0 Å². The molecule has 1 aliphatic rings. The highest BCUT2D eigenvalue weighted by molar-refractivity contribution is 8.18. The molecule has 32 heavy (non-hydrogen) atoms. The molecule has 0 aliphatic carbocycles. The van der Waals surface area contributed by atoms with Gasteiger partial charge >= 0.3 is 0 Å². The Bertz CT molecular complexity index is 1280. The number of carbonyl (C=O) groups is 2. The molecule has 1 aliphatic heterocycles. The van der Waals surface area contributed by atoms with Crippen molar-refractivity contribution in [2.24, 2.45) is 0 Å². The Morgan fingerprint density at radius 3 is 2.53 bits per heavy atom. The number of imide groups is 1. The summed E-state index contributed by atoms with van der Waals surface area (Å²) in [4.78, 5) is 37.1. The van der Waals surface area contributed by atoms with Gasteiger partial charge < -0.3 is 4.42 Å². The van der Waals surface area contributed by atoms with Crippen LogP contribution in [0.2, 0.25) is 10.0 Å². The zero-order chi connectivity index (χ0) is 23.0. The molecular weight excluding hydrogens is 475 g/mol. The fourth-order valence-electron chi connectivity index (χ4n) is 3.17. The second-order valence-electron chi connectivity index (χ2n) is 6.93. The number of nitro groups is 1. The number of aryl methyl sites for hydroxylation is 1. The van der Waals surface area contributed by atoms with E-state index < -0.39 is 16.1 Å². The van der Waals surface area contributed by atoms with Crippen LogP contribution >= 0.6 is 35.0 Å². The van der Waals surface area contributed by atoms with Crippen LogP contribution in [0.3, 0.4) is 0 Å². The minimum atomic E-state index is -0.486. The fraction of sp³-hybridized carbons (Fsp3) is 0.0909. The van der Waals surface area contributed by atoms with Gasteiger partial charge in [0, 0.05) is 39.4 Å². The maximum absolute atomic E-state index is 12.8. The summed E-state index contributed by atoms with van der Waals surface area (Å²) in [6.45, 7) is 1.77. The third-order valence-electron chi connectivity index (χ3n) is 4.85. The molecule has 1 aromatic heterocycles. The first-order valence-corrected chi connectivity index (χ1v) is 10.9. The Balaban J connectivity index is 1.59. The van der Waals surface area contributed by atoms with Crippen molar-refractivity contribution < 1.29 is 18.9 Å². The summed E-state index contributed by atoms with van der Waals surface area (Å²) in [7, 11) is 0. The largest absolute Gasteiger partial charge is 0.457 e. The predicted molar refractivity (Wildman–Crippen MR) is 124 cm³/mol. The highest BCUT2D eigenvalue weighted by Gasteiger charge is 2.36. The number of benzene rings is 2. The van der Waals surface area contributed by atoms with Gasteiger partial charge in [-0.1, -0.05) is 35.3 Å². The van der Waals surface area contributed by atoms with E-state index in [0.29, 0.717) is 32.7 Å². The maximum atomic E-state index is 12.8.